The third kappa shape index (κ3) is 14.2. The molecule has 1 N–H and O–H groups in total. The van der Waals surface area contributed by atoms with Crippen molar-refractivity contribution in [2.45, 2.75) is 96.1 Å². The van der Waals surface area contributed by atoms with Crippen LogP contribution in [0.5, 0.6) is 0 Å². The topological polar surface area (TPSA) is 37.3 Å². The summed E-state index contributed by atoms with van der Waals surface area (Å²) in [5.41, 5.74) is 0. The number of carboxylic acids is 1. The Morgan fingerprint density at radius 1 is 0.950 bits per heavy atom. The molecule has 0 saturated carbocycles. The van der Waals surface area contributed by atoms with Crippen molar-refractivity contribution in [2.75, 3.05) is 5.75 Å². The Hall–Kier alpha value is -0.180. The molecule has 3 heteroatoms. The number of carboxylic acid groups (broad SMARTS) is 1. The highest BCUT2D eigenvalue weighted by Crippen LogP contribution is 2.30. The molecule has 0 aromatic heterocycles. The summed E-state index contributed by atoms with van der Waals surface area (Å²) in [5, 5.41) is 8.53. The predicted octanol–water partition coefficient (Wildman–Crippen LogP) is 5.89. The largest absolute Gasteiger partial charge is 0.481 e. The maximum atomic E-state index is 10.4. The van der Waals surface area contributed by atoms with Gasteiger partial charge in [-0.3, -0.25) is 4.79 Å². The number of thioether (sulfide) groups is 1. The lowest BCUT2D eigenvalue weighted by Gasteiger charge is -2.23. The zero-order chi connectivity index (χ0) is 15.3. The van der Waals surface area contributed by atoms with Crippen molar-refractivity contribution in [1.29, 1.82) is 0 Å². The van der Waals surface area contributed by atoms with Gasteiger partial charge in [-0.15, -0.1) is 0 Å². The van der Waals surface area contributed by atoms with E-state index in [0.29, 0.717) is 11.2 Å². The first-order valence-corrected chi connectivity index (χ1v) is 9.32. The van der Waals surface area contributed by atoms with Crippen LogP contribution in [0, 0.1) is 0 Å². The van der Waals surface area contributed by atoms with Gasteiger partial charge >= 0.3 is 5.97 Å². The summed E-state index contributed by atoms with van der Waals surface area (Å²) in [6.07, 6.45) is 12.7. The molecule has 0 unspecified atom stereocenters. The first-order chi connectivity index (χ1) is 9.48. The van der Waals surface area contributed by atoms with E-state index in [-0.39, 0.29) is 0 Å². The van der Waals surface area contributed by atoms with Gasteiger partial charge in [-0.1, -0.05) is 65.7 Å². The maximum Gasteiger partial charge on any atom is 0.303 e. The fourth-order valence-electron chi connectivity index (χ4n) is 2.29. The highest BCUT2D eigenvalue weighted by atomic mass is 32.2. The van der Waals surface area contributed by atoms with Crippen molar-refractivity contribution in [2.24, 2.45) is 0 Å². The lowest BCUT2D eigenvalue weighted by molar-refractivity contribution is -0.137. The van der Waals surface area contributed by atoms with Crippen LogP contribution in [0.1, 0.15) is 91.4 Å². The van der Waals surface area contributed by atoms with Gasteiger partial charge in [-0.05, 0) is 25.0 Å². The van der Waals surface area contributed by atoms with E-state index < -0.39 is 5.97 Å². The van der Waals surface area contributed by atoms with E-state index in [1.807, 2.05) is 0 Å². The van der Waals surface area contributed by atoms with Crippen LogP contribution in [-0.2, 0) is 4.79 Å². The molecule has 0 aliphatic heterocycles. The molecular formula is C17H34O2S. The molecule has 2 nitrogen and oxygen atoms in total. The fourth-order valence-corrected chi connectivity index (χ4v) is 3.48. The van der Waals surface area contributed by atoms with Gasteiger partial charge < -0.3 is 5.11 Å². The van der Waals surface area contributed by atoms with Gasteiger partial charge in [0, 0.05) is 11.2 Å². The molecule has 0 spiro atoms. The Balaban J connectivity index is 3.26. The van der Waals surface area contributed by atoms with E-state index in [1.165, 1.54) is 57.1 Å². The molecule has 0 rings (SSSR count). The van der Waals surface area contributed by atoms with Crippen molar-refractivity contribution in [3.63, 3.8) is 0 Å². The van der Waals surface area contributed by atoms with E-state index in [2.05, 4.69) is 32.5 Å². The van der Waals surface area contributed by atoms with Gasteiger partial charge in [0.05, 0.1) is 0 Å². The Morgan fingerprint density at radius 3 is 2.05 bits per heavy atom. The molecular weight excluding hydrogens is 268 g/mol. The monoisotopic (exact) mass is 302 g/mol. The second-order valence-corrected chi connectivity index (χ2v) is 8.13. The number of carbonyl (C=O) groups is 1. The Morgan fingerprint density at radius 2 is 1.50 bits per heavy atom. The van der Waals surface area contributed by atoms with Crippen LogP contribution in [0.4, 0.5) is 0 Å². The molecule has 0 atom stereocenters. The van der Waals surface area contributed by atoms with Crippen LogP contribution in [0.15, 0.2) is 0 Å². The van der Waals surface area contributed by atoms with Crippen LogP contribution in [-0.4, -0.2) is 21.6 Å². The summed E-state index contributed by atoms with van der Waals surface area (Å²) in [7, 11) is 0. The molecule has 0 heterocycles. The molecule has 0 aliphatic rings. The zero-order valence-corrected chi connectivity index (χ0v) is 14.6. The first-order valence-electron chi connectivity index (χ1n) is 8.33. The van der Waals surface area contributed by atoms with Gasteiger partial charge in [0.15, 0.2) is 0 Å². The molecule has 0 amide bonds. The number of hydrogen-bond donors (Lipinski definition) is 1. The summed E-state index contributed by atoms with van der Waals surface area (Å²) >= 11 is 2.13. The summed E-state index contributed by atoms with van der Waals surface area (Å²) < 4.78 is 0.451. The first kappa shape index (κ1) is 19.8. The Kier molecular flexibility index (Phi) is 12.4. The van der Waals surface area contributed by atoms with Crippen molar-refractivity contribution in [1.82, 2.24) is 0 Å². The van der Waals surface area contributed by atoms with Crippen LogP contribution in [0.25, 0.3) is 0 Å². The van der Waals surface area contributed by atoms with Crippen molar-refractivity contribution in [3.8, 4) is 0 Å². The molecule has 20 heavy (non-hydrogen) atoms. The molecule has 0 aliphatic carbocycles. The predicted molar refractivity (Wildman–Crippen MR) is 90.6 cm³/mol. The van der Waals surface area contributed by atoms with Gasteiger partial charge in [-0.2, -0.15) is 11.8 Å². The number of hydrogen-bond acceptors (Lipinski definition) is 2. The lowest BCUT2D eigenvalue weighted by Crippen LogP contribution is -2.14. The summed E-state index contributed by atoms with van der Waals surface area (Å²) in [5.74, 6) is 0.628. The molecule has 0 aromatic carbocycles. The molecule has 0 aromatic rings. The van der Waals surface area contributed by atoms with E-state index in [4.69, 9.17) is 5.11 Å². The number of rotatable bonds is 14. The number of unbranched alkanes of at least 4 members (excludes halogenated alkanes) is 7. The molecule has 0 saturated heterocycles. The van der Waals surface area contributed by atoms with Gasteiger partial charge in [-0.25, -0.2) is 0 Å². The average Bonchev–Trinajstić information content (AvgIpc) is 2.38. The molecule has 0 radical (unpaired) electrons. The van der Waals surface area contributed by atoms with Crippen LogP contribution < -0.4 is 0 Å². The zero-order valence-electron chi connectivity index (χ0n) is 13.7. The van der Waals surface area contributed by atoms with E-state index in [1.54, 1.807) is 0 Å². The number of aliphatic carboxylic acids is 1. The molecule has 0 fully saturated rings. The quantitative estimate of drug-likeness (QED) is 0.406. The standard InChI is InChI=1S/C17H34O2S/c1-4-5-14-17(2,3)20-15-12-10-8-6-7-9-11-13-16(18)19/h4-15H2,1-3H3,(H,18,19). The average molecular weight is 303 g/mol. The van der Waals surface area contributed by atoms with Gasteiger partial charge in [0.1, 0.15) is 0 Å². The minimum atomic E-state index is -0.660. The van der Waals surface area contributed by atoms with Crippen molar-refractivity contribution in [3.05, 3.63) is 0 Å². The van der Waals surface area contributed by atoms with E-state index >= 15 is 0 Å². The minimum absolute atomic E-state index is 0.337. The second-order valence-electron chi connectivity index (χ2n) is 6.33. The molecule has 120 valence electrons. The third-order valence-electron chi connectivity index (χ3n) is 3.66. The normalized spacial score (nSPS) is 11.8. The van der Waals surface area contributed by atoms with E-state index in [9.17, 15) is 4.79 Å². The second kappa shape index (κ2) is 12.6. The van der Waals surface area contributed by atoms with Crippen LogP contribution in [0.2, 0.25) is 0 Å². The third-order valence-corrected chi connectivity index (χ3v) is 5.14. The smallest absolute Gasteiger partial charge is 0.303 e. The Bertz CT molecular complexity index is 239. The van der Waals surface area contributed by atoms with Crippen LogP contribution in [0.3, 0.4) is 0 Å². The van der Waals surface area contributed by atoms with Crippen molar-refractivity contribution >= 4 is 17.7 Å². The lowest BCUT2D eigenvalue weighted by atomic mass is 10.1. The minimum Gasteiger partial charge on any atom is -0.481 e. The summed E-state index contributed by atoms with van der Waals surface area (Å²) in [6, 6.07) is 0. The van der Waals surface area contributed by atoms with Gasteiger partial charge in [0.25, 0.3) is 0 Å². The maximum absolute atomic E-state index is 10.4. The van der Waals surface area contributed by atoms with Gasteiger partial charge in [0.2, 0.25) is 0 Å². The fraction of sp³-hybridized carbons (Fsp3) is 0.941. The SMILES string of the molecule is CCCCC(C)(C)SCCCCCCCCCC(=O)O. The van der Waals surface area contributed by atoms with Crippen LogP contribution >= 0.6 is 11.8 Å². The highest BCUT2D eigenvalue weighted by Gasteiger charge is 2.16. The highest BCUT2D eigenvalue weighted by molar-refractivity contribution is 8.00. The summed E-state index contributed by atoms with van der Waals surface area (Å²) in [6.45, 7) is 7.00. The van der Waals surface area contributed by atoms with E-state index in [0.717, 1.165) is 12.8 Å². The molecule has 0 bridgehead atoms. The van der Waals surface area contributed by atoms with Crippen molar-refractivity contribution < 1.29 is 9.90 Å². The summed E-state index contributed by atoms with van der Waals surface area (Å²) in [4.78, 5) is 10.4. The Labute approximate surface area is 130 Å².